The van der Waals surface area contributed by atoms with Gasteiger partial charge in [0.05, 0.1) is 0 Å². The average molecular weight is 591 g/mol. The Hall–Kier alpha value is 4.15. The van der Waals surface area contributed by atoms with E-state index in [1.54, 1.807) is 0 Å². The van der Waals surface area contributed by atoms with Gasteiger partial charge in [0, 0.05) is 27.3 Å². The molecule has 0 aromatic carbocycles. The average Bonchev–Trinajstić information content (AvgIpc) is 0.811. The Bertz CT molecular complexity index is 19.7. The van der Waals surface area contributed by atoms with Crippen LogP contribution in [0.2, 0.25) is 0 Å². The molecule has 0 heterocycles. The summed E-state index contributed by atoms with van der Waals surface area (Å²) in [5.41, 5.74) is 0. The standard InChI is InChI=1S/3BrH.La.Li.Tl.H/h3*1H;;;;/q;;;+3;+1;;-1/p-3. The second-order valence-electron chi connectivity index (χ2n) is 0.247. The predicted octanol–water partition coefficient (Wildman–Crippen LogP) is -0.728. The number of rotatable bonds is 0. The summed E-state index contributed by atoms with van der Waals surface area (Å²) in [6.07, 6.45) is 0. The summed E-state index contributed by atoms with van der Waals surface area (Å²) in [4.78, 5) is 0. The molecule has 0 amide bonds. The topological polar surface area (TPSA) is 0 Å². The molecule has 0 unspecified atom stereocenters. The molecule has 0 aromatic rings. The van der Waals surface area contributed by atoms with Gasteiger partial charge in [0.1, 0.15) is 0 Å². The first-order chi connectivity index (χ1) is 1.73. The smallest absolute Gasteiger partial charge is 1.00 e. The molecule has 0 saturated heterocycles. The van der Waals surface area contributed by atoms with E-state index in [1.807, 2.05) is 0 Å². The fourth-order valence-corrected chi connectivity index (χ4v) is 0. The van der Waals surface area contributed by atoms with Crippen LogP contribution in [0.1, 0.15) is 1.43 Å². The summed E-state index contributed by atoms with van der Waals surface area (Å²) >= 11 is -1.28. The molecule has 0 saturated carbocycles. The van der Waals surface area contributed by atoms with Gasteiger partial charge in [-0.2, -0.15) is 0 Å². The third-order valence-corrected chi connectivity index (χ3v) is 0. The van der Waals surface area contributed by atoms with Crippen molar-refractivity contribution in [3.63, 3.8) is 0 Å². The maximum atomic E-state index is 3.33. The largest absolute Gasteiger partial charge is 1.00 e. The van der Waals surface area contributed by atoms with Crippen LogP contribution in [0.15, 0.2) is 0 Å². The Kier molecular flexibility index (Phi) is 33.0. The Labute approximate surface area is 96.6 Å². The molecular formula is HBr3LaLiTl. The van der Waals surface area contributed by atoms with Crippen LogP contribution in [0.5, 0.6) is 0 Å². The van der Waals surface area contributed by atoms with Gasteiger partial charge in [-0.1, -0.05) is 0 Å². The molecule has 0 aliphatic rings. The van der Waals surface area contributed by atoms with Crippen LogP contribution in [0, 0.1) is 21.5 Å². The minimum Gasteiger partial charge on any atom is -1.00 e. The van der Waals surface area contributed by atoms with Crippen molar-refractivity contribution in [1.82, 2.24) is 0 Å². The molecule has 0 fully saturated rings. The first-order valence-corrected chi connectivity index (χ1v) is 24.8. The minimum absolute atomic E-state index is 0. The molecule has 0 bridgehead atoms. The van der Waals surface area contributed by atoms with Gasteiger partial charge >= 0.3 is 70.9 Å². The van der Waals surface area contributed by atoms with E-state index in [0.717, 1.165) is 0 Å². The number of hydrogen-bond donors (Lipinski definition) is 0. The van der Waals surface area contributed by atoms with Crippen LogP contribution in [0.25, 0.3) is 0 Å². The van der Waals surface area contributed by atoms with Crippen LogP contribution in [0.3, 0.4) is 0 Å². The van der Waals surface area contributed by atoms with E-state index in [0.29, 0.717) is 0 Å². The van der Waals surface area contributed by atoms with Gasteiger partial charge in [-0.15, -0.1) is 0 Å². The van der Waals surface area contributed by atoms with E-state index in [1.165, 1.54) is 0 Å². The van der Waals surface area contributed by atoms with Crippen molar-refractivity contribution in [3.05, 3.63) is 0 Å². The molecule has 0 nitrogen and oxygen atoms in total. The molecule has 1 radical (unpaired) electrons. The van der Waals surface area contributed by atoms with Crippen molar-refractivity contribution in [3.8, 4) is 0 Å². The zero-order valence-corrected chi connectivity index (χ0v) is 16.2. The molecule has 0 aliphatic heterocycles. The van der Waals surface area contributed by atoms with E-state index in [9.17, 15) is 0 Å². The van der Waals surface area contributed by atoms with Crippen LogP contribution in [-0.4, -0.2) is 27.3 Å². The van der Waals surface area contributed by atoms with Gasteiger partial charge in [0.2, 0.25) is 0 Å². The van der Waals surface area contributed by atoms with Crippen molar-refractivity contribution >= 4 is 57.8 Å². The van der Waals surface area contributed by atoms with Gasteiger partial charge in [-0.3, -0.25) is 0 Å². The maximum Gasteiger partial charge on any atom is 1.00 e. The molecular weight excluding hydrogens is 590 g/mol. The van der Waals surface area contributed by atoms with Gasteiger partial charge in [0.15, 0.2) is 0 Å². The third-order valence-electron chi connectivity index (χ3n) is 0. The molecule has 29 valence electrons. The minimum atomic E-state index is -1.28. The molecule has 6 heteroatoms. The van der Waals surface area contributed by atoms with Crippen LogP contribution >= 0.6 is 30.5 Å². The zero-order valence-electron chi connectivity index (χ0n) is 4.29. The summed E-state index contributed by atoms with van der Waals surface area (Å²) in [5.74, 6) is 0. The molecule has 0 spiro atoms. The van der Waals surface area contributed by atoms with Crippen molar-refractivity contribution in [1.29, 1.82) is 0 Å². The van der Waals surface area contributed by atoms with E-state index < -0.39 is 21.5 Å². The molecule has 0 atom stereocenters. The summed E-state index contributed by atoms with van der Waals surface area (Å²) in [6, 6.07) is 0. The van der Waals surface area contributed by atoms with Crippen molar-refractivity contribution in [2.75, 3.05) is 0 Å². The molecule has 0 aromatic heterocycles. The van der Waals surface area contributed by atoms with E-state index in [2.05, 4.69) is 30.5 Å². The first kappa shape index (κ1) is 16.6. The maximum absolute atomic E-state index is 3.33. The van der Waals surface area contributed by atoms with Gasteiger partial charge < -0.3 is 1.43 Å². The number of halogens is 3. The Morgan fingerprint density at radius 3 is 1.17 bits per heavy atom. The van der Waals surface area contributed by atoms with Crippen LogP contribution in [-0.2, 0) is 0 Å². The summed E-state index contributed by atoms with van der Waals surface area (Å²) in [7, 11) is 9.98. The van der Waals surface area contributed by atoms with Crippen molar-refractivity contribution in [2.45, 2.75) is 0 Å². The Morgan fingerprint density at radius 1 is 1.17 bits per heavy atom. The van der Waals surface area contributed by atoms with Gasteiger partial charge in [0.25, 0.3) is 0 Å². The van der Waals surface area contributed by atoms with Crippen LogP contribution < -0.4 is 18.9 Å². The van der Waals surface area contributed by atoms with E-state index in [-0.39, 0.29) is 47.6 Å². The fraction of sp³-hybridized carbons (Fsp3) is 0. The predicted molar refractivity (Wildman–Crippen MR) is 33.6 cm³/mol. The SMILES string of the molecule is [Br][La]([Br])[Br].[H-].[Li+].[Tl]. The summed E-state index contributed by atoms with van der Waals surface area (Å²) < 4.78 is 0. The van der Waals surface area contributed by atoms with Crippen LogP contribution in [0.4, 0.5) is 0 Å². The monoisotopic (exact) mass is 589 g/mol. The zero-order chi connectivity index (χ0) is 3.58. The molecule has 0 aliphatic carbocycles. The molecule has 6 heavy (non-hydrogen) atoms. The molecule has 0 rings (SSSR count). The normalized spacial score (nSPS) is 4.50. The third kappa shape index (κ3) is 24.2. The number of hydrogen-bond acceptors (Lipinski definition) is 0. The quantitative estimate of drug-likeness (QED) is 0.327. The van der Waals surface area contributed by atoms with E-state index in [4.69, 9.17) is 0 Å². The molecule has 0 N–H and O–H groups in total. The van der Waals surface area contributed by atoms with Crippen molar-refractivity contribution < 1.29 is 41.8 Å². The first-order valence-electron chi connectivity index (χ1n) is 0.655. The second-order valence-corrected chi connectivity index (χ2v) is 48.6. The van der Waals surface area contributed by atoms with Crippen molar-refractivity contribution in [2.24, 2.45) is 0 Å². The summed E-state index contributed by atoms with van der Waals surface area (Å²) in [5, 5.41) is 0. The van der Waals surface area contributed by atoms with Gasteiger partial charge in [-0.05, 0) is 0 Å². The second kappa shape index (κ2) is 11.9. The van der Waals surface area contributed by atoms with E-state index >= 15 is 0 Å². The van der Waals surface area contributed by atoms with Gasteiger partial charge in [-0.25, -0.2) is 0 Å². The summed E-state index contributed by atoms with van der Waals surface area (Å²) in [6.45, 7) is 0. The Balaban J connectivity index is -0.0000000150. The Morgan fingerprint density at radius 2 is 1.17 bits per heavy atom. The fourth-order valence-electron chi connectivity index (χ4n) is 0.